The van der Waals surface area contributed by atoms with Crippen LogP contribution in [0.2, 0.25) is 5.02 Å². The van der Waals surface area contributed by atoms with Crippen molar-refractivity contribution in [2.45, 2.75) is 32.4 Å². The van der Waals surface area contributed by atoms with Crippen molar-refractivity contribution < 1.29 is 4.74 Å². The molecule has 2 rings (SSSR count). The van der Waals surface area contributed by atoms with Crippen LogP contribution in [0.25, 0.3) is 5.65 Å². The molecule has 0 fully saturated rings. The first-order valence-electron chi connectivity index (χ1n) is 6.58. The number of fused-ring (bicyclic) bond motifs is 1. The summed E-state index contributed by atoms with van der Waals surface area (Å²) in [7, 11) is 1.73. The van der Waals surface area contributed by atoms with Crippen molar-refractivity contribution in [2.24, 2.45) is 0 Å². The number of nitrogens with one attached hydrogen (secondary N) is 1. The van der Waals surface area contributed by atoms with Gasteiger partial charge in [0.15, 0.2) is 0 Å². The first kappa shape index (κ1) is 14.3. The van der Waals surface area contributed by atoms with Gasteiger partial charge in [-0.05, 0) is 18.6 Å². The molecule has 4 nitrogen and oxygen atoms in total. The molecule has 0 amide bonds. The second-order valence-electron chi connectivity index (χ2n) is 4.67. The molecule has 2 heterocycles. The maximum absolute atomic E-state index is 5.96. The molecule has 104 valence electrons. The van der Waals surface area contributed by atoms with Crippen LogP contribution in [0.15, 0.2) is 24.5 Å². The average Bonchev–Trinajstić information content (AvgIpc) is 2.78. The first-order chi connectivity index (χ1) is 9.22. The van der Waals surface area contributed by atoms with Gasteiger partial charge in [0.25, 0.3) is 0 Å². The van der Waals surface area contributed by atoms with Crippen molar-refractivity contribution in [3.63, 3.8) is 0 Å². The van der Waals surface area contributed by atoms with E-state index in [1.807, 2.05) is 28.9 Å². The maximum atomic E-state index is 5.96. The van der Waals surface area contributed by atoms with Gasteiger partial charge in [-0.3, -0.25) is 0 Å². The van der Waals surface area contributed by atoms with Crippen molar-refractivity contribution in [3.8, 4) is 0 Å². The number of ether oxygens (including phenoxy) is 1. The van der Waals surface area contributed by atoms with E-state index >= 15 is 0 Å². The highest BCUT2D eigenvalue weighted by Crippen LogP contribution is 2.12. The molecule has 0 aliphatic heterocycles. The van der Waals surface area contributed by atoms with Crippen molar-refractivity contribution in [2.75, 3.05) is 13.7 Å². The lowest BCUT2D eigenvalue weighted by Crippen LogP contribution is -2.32. The highest BCUT2D eigenvalue weighted by Gasteiger charge is 2.08. The summed E-state index contributed by atoms with van der Waals surface area (Å²) in [5.74, 6) is 0. The zero-order valence-corrected chi connectivity index (χ0v) is 12.2. The lowest BCUT2D eigenvalue weighted by molar-refractivity contribution is 0.161. The normalized spacial score (nSPS) is 13.0. The topological polar surface area (TPSA) is 38.6 Å². The Morgan fingerprint density at radius 3 is 3.00 bits per heavy atom. The van der Waals surface area contributed by atoms with Gasteiger partial charge in [0.2, 0.25) is 0 Å². The second kappa shape index (κ2) is 6.89. The van der Waals surface area contributed by atoms with Gasteiger partial charge < -0.3 is 14.5 Å². The van der Waals surface area contributed by atoms with Crippen LogP contribution in [0.5, 0.6) is 0 Å². The molecule has 0 aliphatic carbocycles. The van der Waals surface area contributed by atoms with Crippen LogP contribution in [0.1, 0.15) is 25.5 Å². The number of rotatable bonds is 7. The van der Waals surface area contributed by atoms with Crippen molar-refractivity contribution in [1.29, 1.82) is 0 Å². The van der Waals surface area contributed by atoms with E-state index in [0.29, 0.717) is 11.1 Å². The highest BCUT2D eigenvalue weighted by molar-refractivity contribution is 6.30. The quantitative estimate of drug-likeness (QED) is 0.848. The first-order valence-corrected chi connectivity index (χ1v) is 6.96. The van der Waals surface area contributed by atoms with Gasteiger partial charge in [-0.15, -0.1) is 0 Å². The van der Waals surface area contributed by atoms with Crippen LogP contribution in [0, 0.1) is 0 Å². The Kier molecular flexibility index (Phi) is 5.19. The molecule has 0 spiro atoms. The molecule has 0 saturated carbocycles. The molecular weight excluding hydrogens is 262 g/mol. The Hall–Kier alpha value is -1.10. The van der Waals surface area contributed by atoms with Crippen LogP contribution in [0.3, 0.4) is 0 Å². The predicted molar refractivity (Wildman–Crippen MR) is 77.6 cm³/mol. The smallest absolute Gasteiger partial charge is 0.137 e. The van der Waals surface area contributed by atoms with Crippen molar-refractivity contribution in [1.82, 2.24) is 14.7 Å². The van der Waals surface area contributed by atoms with E-state index in [9.17, 15) is 0 Å². The Labute approximate surface area is 118 Å². The summed E-state index contributed by atoms with van der Waals surface area (Å²) in [4.78, 5) is 4.55. The average molecular weight is 282 g/mol. The molecule has 0 aromatic carbocycles. The molecule has 5 heteroatoms. The molecule has 2 aromatic heterocycles. The van der Waals surface area contributed by atoms with E-state index in [1.54, 1.807) is 7.11 Å². The predicted octanol–water partition coefficient (Wildman–Crippen LogP) is 2.89. The van der Waals surface area contributed by atoms with Crippen molar-refractivity contribution in [3.05, 3.63) is 35.2 Å². The second-order valence-corrected chi connectivity index (χ2v) is 5.10. The highest BCUT2D eigenvalue weighted by atomic mass is 35.5. The minimum Gasteiger partial charge on any atom is -0.383 e. The number of nitrogens with zero attached hydrogens (tertiary/aromatic N) is 2. The summed E-state index contributed by atoms with van der Waals surface area (Å²) >= 11 is 5.96. The summed E-state index contributed by atoms with van der Waals surface area (Å²) in [6.07, 6.45) is 6.12. The molecule has 0 aliphatic rings. The third-order valence-corrected chi connectivity index (χ3v) is 3.27. The standard InChI is InChI=1S/C14H20ClN3O/c1-3-4-12(10-19-2)16-7-13-9-18-8-11(15)5-6-14(18)17-13/h5-6,8-9,12,16H,3-4,7,10H2,1-2H3. The SMILES string of the molecule is CCCC(COC)NCc1cn2cc(Cl)ccc2n1. The van der Waals surface area contributed by atoms with Gasteiger partial charge in [0.1, 0.15) is 5.65 Å². The number of imidazole rings is 1. The molecular formula is C14H20ClN3O. The Bertz CT molecular complexity index is 520. The molecule has 0 saturated heterocycles. The Morgan fingerprint density at radius 1 is 1.42 bits per heavy atom. The van der Waals surface area contributed by atoms with Crippen LogP contribution >= 0.6 is 11.6 Å². The third-order valence-electron chi connectivity index (χ3n) is 3.04. The zero-order chi connectivity index (χ0) is 13.7. The van der Waals surface area contributed by atoms with Gasteiger partial charge >= 0.3 is 0 Å². The summed E-state index contributed by atoms with van der Waals surface area (Å²) in [6.45, 7) is 3.65. The van der Waals surface area contributed by atoms with Crippen molar-refractivity contribution >= 4 is 17.2 Å². The molecule has 0 bridgehead atoms. The largest absolute Gasteiger partial charge is 0.383 e. The minimum atomic E-state index is 0.378. The number of halogens is 1. The number of aromatic nitrogens is 2. The minimum absolute atomic E-state index is 0.378. The number of methoxy groups -OCH3 is 1. The molecule has 19 heavy (non-hydrogen) atoms. The molecule has 2 aromatic rings. The van der Waals surface area contributed by atoms with Crippen LogP contribution in [-0.4, -0.2) is 29.1 Å². The van der Waals surface area contributed by atoms with Gasteiger partial charge in [0, 0.05) is 32.1 Å². The van der Waals surface area contributed by atoms with Gasteiger partial charge in [-0.25, -0.2) is 4.98 Å². The van der Waals surface area contributed by atoms with Gasteiger partial charge in [-0.2, -0.15) is 0 Å². The fraction of sp³-hybridized carbons (Fsp3) is 0.500. The molecule has 1 N–H and O–H groups in total. The fourth-order valence-corrected chi connectivity index (χ4v) is 2.31. The van der Waals surface area contributed by atoms with E-state index in [4.69, 9.17) is 16.3 Å². The summed E-state index contributed by atoms with van der Waals surface area (Å²) < 4.78 is 7.16. The van der Waals surface area contributed by atoms with Crippen LogP contribution in [-0.2, 0) is 11.3 Å². The Balaban J connectivity index is 2.00. The summed E-state index contributed by atoms with van der Waals surface area (Å²) in [5.41, 5.74) is 1.93. The van der Waals surface area contributed by atoms with E-state index in [-0.39, 0.29) is 0 Å². The monoisotopic (exact) mass is 281 g/mol. The van der Waals surface area contributed by atoms with E-state index in [0.717, 1.165) is 37.3 Å². The number of hydrogen-bond donors (Lipinski definition) is 1. The lowest BCUT2D eigenvalue weighted by atomic mass is 10.2. The molecule has 1 unspecified atom stereocenters. The van der Waals surface area contributed by atoms with Crippen LogP contribution in [0.4, 0.5) is 0 Å². The van der Waals surface area contributed by atoms with E-state index in [1.165, 1.54) is 0 Å². The Morgan fingerprint density at radius 2 is 2.26 bits per heavy atom. The maximum Gasteiger partial charge on any atom is 0.137 e. The van der Waals surface area contributed by atoms with Crippen LogP contribution < -0.4 is 5.32 Å². The number of hydrogen-bond acceptors (Lipinski definition) is 3. The lowest BCUT2D eigenvalue weighted by Gasteiger charge is -2.16. The zero-order valence-electron chi connectivity index (χ0n) is 11.4. The molecule has 0 radical (unpaired) electrons. The van der Waals surface area contributed by atoms with Gasteiger partial charge in [0.05, 0.1) is 17.3 Å². The third kappa shape index (κ3) is 3.93. The van der Waals surface area contributed by atoms with E-state index < -0.39 is 0 Å². The fourth-order valence-electron chi connectivity index (χ4n) is 2.15. The van der Waals surface area contributed by atoms with E-state index in [2.05, 4.69) is 17.2 Å². The molecule has 1 atom stereocenters. The van der Waals surface area contributed by atoms with Gasteiger partial charge in [-0.1, -0.05) is 24.9 Å². The number of pyridine rings is 1. The summed E-state index contributed by atoms with van der Waals surface area (Å²) in [5, 5.41) is 4.20. The summed E-state index contributed by atoms with van der Waals surface area (Å²) in [6, 6.07) is 4.15.